The smallest absolute Gasteiger partial charge is 0.307 e. The summed E-state index contributed by atoms with van der Waals surface area (Å²) in [5.74, 6) is -1.10. The maximum atomic E-state index is 10.8. The number of nitrogens with zero attached hydrogens (tertiary/aromatic N) is 3. The first-order valence-corrected chi connectivity index (χ1v) is 6.15. The Labute approximate surface area is 108 Å². The van der Waals surface area contributed by atoms with Gasteiger partial charge in [0.25, 0.3) is 0 Å². The molecule has 0 fully saturated rings. The molecule has 1 rings (SSSR count). The van der Waals surface area contributed by atoms with E-state index < -0.39 is 5.97 Å². The molecule has 1 heterocycles. The van der Waals surface area contributed by atoms with Crippen LogP contribution in [0.15, 0.2) is 31.4 Å². The molecule has 18 heavy (non-hydrogen) atoms. The van der Waals surface area contributed by atoms with Crippen molar-refractivity contribution in [2.75, 3.05) is 19.6 Å². The topological polar surface area (TPSA) is 58.4 Å². The van der Waals surface area contributed by atoms with Crippen molar-refractivity contribution >= 4 is 5.97 Å². The lowest BCUT2D eigenvalue weighted by Crippen LogP contribution is -2.33. The van der Waals surface area contributed by atoms with E-state index in [0.717, 1.165) is 26.1 Å². The van der Waals surface area contributed by atoms with E-state index in [4.69, 9.17) is 5.11 Å². The fourth-order valence-electron chi connectivity index (χ4n) is 1.80. The molecule has 100 valence electrons. The van der Waals surface area contributed by atoms with Crippen LogP contribution in [0.3, 0.4) is 0 Å². The first kappa shape index (κ1) is 14.4. The van der Waals surface area contributed by atoms with E-state index in [1.165, 1.54) is 0 Å². The average molecular weight is 251 g/mol. The highest BCUT2D eigenvalue weighted by Gasteiger charge is 2.14. The second-order valence-electron chi connectivity index (χ2n) is 4.44. The van der Waals surface area contributed by atoms with Crippen molar-refractivity contribution in [2.24, 2.45) is 5.92 Å². The van der Waals surface area contributed by atoms with Gasteiger partial charge in [0, 0.05) is 38.6 Å². The van der Waals surface area contributed by atoms with Gasteiger partial charge in [-0.3, -0.25) is 9.69 Å². The van der Waals surface area contributed by atoms with Crippen molar-refractivity contribution in [3.05, 3.63) is 31.4 Å². The number of rotatable bonds is 9. The Morgan fingerprint density at radius 2 is 2.44 bits per heavy atom. The van der Waals surface area contributed by atoms with Gasteiger partial charge in [0.2, 0.25) is 0 Å². The van der Waals surface area contributed by atoms with E-state index in [-0.39, 0.29) is 5.92 Å². The maximum Gasteiger partial charge on any atom is 0.307 e. The molecular weight excluding hydrogens is 230 g/mol. The number of hydrogen-bond acceptors (Lipinski definition) is 3. The van der Waals surface area contributed by atoms with E-state index in [2.05, 4.69) is 16.5 Å². The summed E-state index contributed by atoms with van der Waals surface area (Å²) in [5.41, 5.74) is 0. The summed E-state index contributed by atoms with van der Waals surface area (Å²) in [6, 6.07) is 0. The minimum atomic E-state index is -0.751. The number of carboxylic acid groups (broad SMARTS) is 1. The molecule has 1 atom stereocenters. The summed E-state index contributed by atoms with van der Waals surface area (Å²) in [7, 11) is 0. The number of carboxylic acids is 1. The molecule has 0 radical (unpaired) electrons. The Hall–Kier alpha value is -1.62. The standard InChI is InChI=1S/C13H21N3O2/c1-3-6-15(10-12(2)13(17)18)7-4-8-16-9-5-14-11-16/h3,5,9,11-12H,1,4,6-8,10H2,2H3,(H,17,18). The lowest BCUT2D eigenvalue weighted by atomic mass is 10.1. The van der Waals surface area contributed by atoms with Crippen molar-refractivity contribution in [2.45, 2.75) is 19.9 Å². The van der Waals surface area contributed by atoms with Crippen molar-refractivity contribution in [3.63, 3.8) is 0 Å². The molecule has 0 bridgehead atoms. The summed E-state index contributed by atoms with van der Waals surface area (Å²) in [6.45, 7) is 8.48. The molecule has 0 aliphatic heterocycles. The average Bonchev–Trinajstić information content (AvgIpc) is 2.82. The lowest BCUT2D eigenvalue weighted by Gasteiger charge is -2.22. The summed E-state index contributed by atoms with van der Waals surface area (Å²) >= 11 is 0. The van der Waals surface area contributed by atoms with Gasteiger partial charge in [-0.15, -0.1) is 6.58 Å². The Kier molecular flexibility index (Phi) is 6.14. The van der Waals surface area contributed by atoms with Gasteiger partial charge in [-0.25, -0.2) is 4.98 Å². The molecule has 0 aliphatic rings. The molecule has 1 N–H and O–H groups in total. The highest BCUT2D eigenvalue weighted by Crippen LogP contribution is 2.02. The molecule has 0 spiro atoms. The van der Waals surface area contributed by atoms with Crippen molar-refractivity contribution in [1.82, 2.24) is 14.5 Å². The van der Waals surface area contributed by atoms with E-state index in [9.17, 15) is 4.79 Å². The van der Waals surface area contributed by atoms with Gasteiger partial charge in [-0.1, -0.05) is 13.0 Å². The van der Waals surface area contributed by atoms with Crippen LogP contribution in [0.2, 0.25) is 0 Å². The van der Waals surface area contributed by atoms with Crippen LogP contribution in [0.1, 0.15) is 13.3 Å². The minimum Gasteiger partial charge on any atom is -0.481 e. The summed E-state index contributed by atoms with van der Waals surface area (Å²) < 4.78 is 2.02. The monoisotopic (exact) mass is 251 g/mol. The summed E-state index contributed by atoms with van der Waals surface area (Å²) in [4.78, 5) is 16.9. The van der Waals surface area contributed by atoms with Crippen LogP contribution >= 0.6 is 0 Å². The van der Waals surface area contributed by atoms with E-state index in [1.54, 1.807) is 19.4 Å². The van der Waals surface area contributed by atoms with E-state index >= 15 is 0 Å². The third-order valence-electron chi connectivity index (χ3n) is 2.79. The fraction of sp³-hybridized carbons (Fsp3) is 0.538. The number of hydrogen-bond donors (Lipinski definition) is 1. The number of carbonyl (C=O) groups is 1. The largest absolute Gasteiger partial charge is 0.481 e. The van der Waals surface area contributed by atoms with Gasteiger partial charge in [-0.05, 0) is 6.42 Å². The molecule has 1 aromatic heterocycles. The first-order valence-electron chi connectivity index (χ1n) is 6.15. The molecule has 0 aliphatic carbocycles. The maximum absolute atomic E-state index is 10.8. The van der Waals surface area contributed by atoms with E-state index in [0.29, 0.717) is 6.54 Å². The second kappa shape index (κ2) is 7.66. The SMILES string of the molecule is C=CCN(CCCn1ccnc1)CC(C)C(=O)O. The van der Waals surface area contributed by atoms with Crippen LogP contribution < -0.4 is 0 Å². The molecule has 5 heteroatoms. The predicted molar refractivity (Wildman–Crippen MR) is 70.3 cm³/mol. The van der Waals surface area contributed by atoms with Gasteiger partial charge in [-0.2, -0.15) is 0 Å². The van der Waals surface area contributed by atoms with Gasteiger partial charge in [0.05, 0.1) is 12.2 Å². The molecule has 1 aromatic rings. The third kappa shape index (κ3) is 5.14. The Bertz CT molecular complexity index is 362. The fourth-order valence-corrected chi connectivity index (χ4v) is 1.80. The Balaban J connectivity index is 2.33. The van der Waals surface area contributed by atoms with Gasteiger partial charge < -0.3 is 9.67 Å². The lowest BCUT2D eigenvalue weighted by molar-refractivity contribution is -0.141. The van der Waals surface area contributed by atoms with Gasteiger partial charge in [0.15, 0.2) is 0 Å². The number of aromatic nitrogens is 2. The Morgan fingerprint density at radius 3 is 3.00 bits per heavy atom. The van der Waals surface area contributed by atoms with Gasteiger partial charge >= 0.3 is 5.97 Å². The molecule has 0 saturated heterocycles. The van der Waals surface area contributed by atoms with Crippen LogP contribution in [0.5, 0.6) is 0 Å². The third-order valence-corrected chi connectivity index (χ3v) is 2.79. The Morgan fingerprint density at radius 1 is 1.67 bits per heavy atom. The molecule has 0 amide bonds. The highest BCUT2D eigenvalue weighted by molar-refractivity contribution is 5.69. The van der Waals surface area contributed by atoms with Crippen LogP contribution in [0.25, 0.3) is 0 Å². The highest BCUT2D eigenvalue weighted by atomic mass is 16.4. The molecular formula is C13H21N3O2. The van der Waals surface area contributed by atoms with Crippen LogP contribution in [0.4, 0.5) is 0 Å². The summed E-state index contributed by atoms with van der Waals surface area (Å²) in [6.07, 6.45) is 8.26. The van der Waals surface area contributed by atoms with Crippen LogP contribution in [0, 0.1) is 5.92 Å². The number of aryl methyl sites for hydroxylation is 1. The zero-order valence-electron chi connectivity index (χ0n) is 10.8. The van der Waals surface area contributed by atoms with Crippen LogP contribution in [-0.4, -0.2) is 45.2 Å². The number of aliphatic carboxylic acids is 1. The van der Waals surface area contributed by atoms with Crippen molar-refractivity contribution in [3.8, 4) is 0 Å². The van der Waals surface area contributed by atoms with E-state index in [1.807, 2.05) is 16.8 Å². The molecule has 1 unspecified atom stereocenters. The van der Waals surface area contributed by atoms with Crippen molar-refractivity contribution in [1.29, 1.82) is 0 Å². The normalized spacial score (nSPS) is 12.6. The molecule has 0 saturated carbocycles. The minimum absolute atomic E-state index is 0.349. The first-order chi connectivity index (χ1) is 8.63. The van der Waals surface area contributed by atoms with Crippen molar-refractivity contribution < 1.29 is 9.90 Å². The van der Waals surface area contributed by atoms with Crippen LogP contribution in [-0.2, 0) is 11.3 Å². The zero-order valence-corrected chi connectivity index (χ0v) is 10.8. The quantitative estimate of drug-likeness (QED) is 0.675. The molecule has 0 aromatic carbocycles. The summed E-state index contributed by atoms with van der Waals surface area (Å²) in [5, 5.41) is 8.91. The predicted octanol–water partition coefficient (Wildman–Crippen LogP) is 1.48. The number of imidazole rings is 1. The van der Waals surface area contributed by atoms with Gasteiger partial charge in [0.1, 0.15) is 0 Å². The molecule has 5 nitrogen and oxygen atoms in total. The zero-order chi connectivity index (χ0) is 13.4. The second-order valence-corrected chi connectivity index (χ2v) is 4.44.